The van der Waals surface area contributed by atoms with Crippen molar-refractivity contribution in [2.24, 2.45) is 0 Å². The standard InChI is InChI=1S/C19H15BrClF3N2O2/c20-10-3-5-12-16(8-10)28-15-6-4-11(21)9-14(15)26-7-1-2-13(17(12)26)25-18(27)19(22,23)24/h3-6,8-9,13,17H,1-2,7H2,(H,25,27). The van der Waals surface area contributed by atoms with E-state index in [-0.39, 0.29) is 0 Å². The maximum Gasteiger partial charge on any atom is 0.471 e. The van der Waals surface area contributed by atoms with E-state index in [1.807, 2.05) is 11.0 Å². The Morgan fingerprint density at radius 3 is 2.75 bits per heavy atom. The van der Waals surface area contributed by atoms with Crippen molar-refractivity contribution in [2.75, 3.05) is 11.4 Å². The zero-order valence-corrected chi connectivity index (χ0v) is 16.7. The number of ether oxygens (including phenoxy) is 1. The summed E-state index contributed by atoms with van der Waals surface area (Å²) >= 11 is 9.57. The predicted molar refractivity (Wildman–Crippen MR) is 103 cm³/mol. The average molecular weight is 476 g/mol. The Morgan fingerprint density at radius 2 is 2.00 bits per heavy atom. The van der Waals surface area contributed by atoms with E-state index in [4.69, 9.17) is 16.3 Å². The second-order valence-corrected chi connectivity index (χ2v) is 8.11. The molecule has 2 unspecified atom stereocenters. The summed E-state index contributed by atoms with van der Waals surface area (Å²) in [6.07, 6.45) is -3.89. The molecule has 0 saturated carbocycles. The van der Waals surface area contributed by atoms with E-state index in [9.17, 15) is 18.0 Å². The zero-order valence-electron chi connectivity index (χ0n) is 14.4. The van der Waals surface area contributed by atoms with Gasteiger partial charge >= 0.3 is 12.1 Å². The Balaban J connectivity index is 1.83. The van der Waals surface area contributed by atoms with Crippen molar-refractivity contribution in [1.82, 2.24) is 5.32 Å². The van der Waals surface area contributed by atoms with Crippen molar-refractivity contribution in [3.63, 3.8) is 0 Å². The average Bonchev–Trinajstić information content (AvgIpc) is 2.75. The van der Waals surface area contributed by atoms with Crippen LogP contribution in [0.1, 0.15) is 24.4 Å². The molecular formula is C19H15BrClF3N2O2. The van der Waals surface area contributed by atoms with Crippen LogP contribution < -0.4 is 15.0 Å². The Labute approximate surface area is 172 Å². The highest BCUT2D eigenvalue weighted by Gasteiger charge is 2.44. The van der Waals surface area contributed by atoms with E-state index in [1.54, 1.807) is 30.3 Å². The molecule has 1 N–H and O–H groups in total. The van der Waals surface area contributed by atoms with Crippen LogP contribution in [0.15, 0.2) is 40.9 Å². The van der Waals surface area contributed by atoms with Crippen LogP contribution in [0, 0.1) is 0 Å². The highest BCUT2D eigenvalue weighted by atomic mass is 79.9. The highest BCUT2D eigenvalue weighted by molar-refractivity contribution is 9.10. The molecule has 2 atom stereocenters. The minimum atomic E-state index is -4.94. The van der Waals surface area contributed by atoms with Gasteiger partial charge in [-0.1, -0.05) is 33.6 Å². The molecule has 1 saturated heterocycles. The molecule has 2 aromatic carbocycles. The number of nitrogens with one attached hydrogen (secondary N) is 1. The van der Waals surface area contributed by atoms with E-state index in [0.717, 1.165) is 4.47 Å². The van der Waals surface area contributed by atoms with Gasteiger partial charge in [0.25, 0.3) is 0 Å². The van der Waals surface area contributed by atoms with Crippen molar-refractivity contribution in [1.29, 1.82) is 0 Å². The Hall–Kier alpha value is -1.93. The van der Waals surface area contributed by atoms with Gasteiger partial charge in [-0.15, -0.1) is 0 Å². The highest BCUT2D eigenvalue weighted by Crippen LogP contribution is 2.48. The van der Waals surface area contributed by atoms with E-state index in [2.05, 4.69) is 21.2 Å². The lowest BCUT2D eigenvalue weighted by Crippen LogP contribution is -2.52. The fraction of sp³-hybridized carbons (Fsp3) is 0.316. The number of rotatable bonds is 1. The summed E-state index contributed by atoms with van der Waals surface area (Å²) < 4.78 is 45.5. The maximum absolute atomic E-state index is 12.9. The third-order valence-corrected chi connectivity index (χ3v) is 5.68. The minimum Gasteiger partial charge on any atom is -0.455 e. The lowest BCUT2D eigenvalue weighted by Gasteiger charge is -2.42. The van der Waals surface area contributed by atoms with Gasteiger partial charge < -0.3 is 15.0 Å². The molecule has 4 rings (SSSR count). The normalized spacial score (nSPS) is 21.0. The Kier molecular flexibility index (Phi) is 4.95. The number of hydrogen-bond donors (Lipinski definition) is 1. The molecule has 28 heavy (non-hydrogen) atoms. The first-order valence-electron chi connectivity index (χ1n) is 8.65. The van der Waals surface area contributed by atoms with Gasteiger partial charge in [0, 0.05) is 21.6 Å². The second kappa shape index (κ2) is 7.15. The van der Waals surface area contributed by atoms with Gasteiger partial charge in [0.1, 0.15) is 5.75 Å². The van der Waals surface area contributed by atoms with Crippen molar-refractivity contribution >= 4 is 39.1 Å². The molecule has 0 aliphatic carbocycles. The molecule has 2 aromatic rings. The summed E-state index contributed by atoms with van der Waals surface area (Å²) in [5.74, 6) is -0.845. The first kappa shape index (κ1) is 19.4. The Bertz CT molecular complexity index is 938. The third kappa shape index (κ3) is 3.55. The van der Waals surface area contributed by atoms with Gasteiger partial charge in [0.15, 0.2) is 5.75 Å². The summed E-state index contributed by atoms with van der Waals surface area (Å²) in [4.78, 5) is 13.6. The number of amides is 1. The van der Waals surface area contributed by atoms with Crippen molar-refractivity contribution < 1.29 is 22.7 Å². The molecule has 1 fully saturated rings. The lowest BCUT2D eigenvalue weighted by atomic mass is 9.89. The SMILES string of the molecule is O=C(NC1CCCN2c3cc(Cl)ccc3Oc3cc(Br)ccc3C12)C(F)(F)F. The van der Waals surface area contributed by atoms with Gasteiger partial charge in [-0.3, -0.25) is 4.79 Å². The quantitative estimate of drug-likeness (QED) is 0.584. The van der Waals surface area contributed by atoms with Crippen LogP contribution in [0.25, 0.3) is 0 Å². The van der Waals surface area contributed by atoms with E-state index >= 15 is 0 Å². The van der Waals surface area contributed by atoms with Gasteiger partial charge in [0.2, 0.25) is 0 Å². The number of alkyl halides is 3. The first-order valence-corrected chi connectivity index (χ1v) is 9.82. The van der Waals surface area contributed by atoms with Crippen LogP contribution in [0.5, 0.6) is 11.5 Å². The molecule has 4 nitrogen and oxygen atoms in total. The van der Waals surface area contributed by atoms with E-state index in [1.165, 1.54) is 0 Å². The molecule has 2 aliphatic rings. The smallest absolute Gasteiger partial charge is 0.455 e. The Morgan fingerprint density at radius 1 is 1.21 bits per heavy atom. The summed E-state index contributed by atoms with van der Waals surface area (Å²) in [5.41, 5.74) is 1.40. The fourth-order valence-electron chi connectivity index (χ4n) is 3.81. The molecule has 0 bridgehead atoms. The number of anilines is 1. The number of piperidine rings is 1. The van der Waals surface area contributed by atoms with Crippen LogP contribution in [0.4, 0.5) is 18.9 Å². The molecule has 9 heteroatoms. The number of hydrogen-bond acceptors (Lipinski definition) is 3. The molecule has 148 valence electrons. The number of carbonyl (C=O) groups is 1. The topological polar surface area (TPSA) is 41.6 Å². The largest absolute Gasteiger partial charge is 0.471 e. The summed E-state index contributed by atoms with van der Waals surface area (Å²) in [7, 11) is 0. The van der Waals surface area contributed by atoms with Crippen LogP contribution in [0.3, 0.4) is 0 Å². The van der Waals surface area contributed by atoms with Crippen molar-refractivity contribution in [3.05, 3.63) is 51.5 Å². The summed E-state index contributed by atoms with van der Waals surface area (Å²) in [6, 6.07) is 9.32. The van der Waals surface area contributed by atoms with E-state index < -0.39 is 24.2 Å². The molecule has 2 aliphatic heterocycles. The van der Waals surface area contributed by atoms with Gasteiger partial charge in [-0.2, -0.15) is 13.2 Å². The number of nitrogens with zero attached hydrogens (tertiary/aromatic N) is 1. The molecule has 0 aromatic heterocycles. The van der Waals surface area contributed by atoms with Crippen LogP contribution in [-0.4, -0.2) is 24.7 Å². The first-order chi connectivity index (χ1) is 13.2. The zero-order chi connectivity index (χ0) is 20.1. The number of carbonyl (C=O) groups excluding carboxylic acids is 1. The molecule has 1 amide bonds. The second-order valence-electron chi connectivity index (χ2n) is 6.75. The van der Waals surface area contributed by atoms with Crippen LogP contribution >= 0.6 is 27.5 Å². The number of halogens is 5. The summed E-state index contributed by atoms with van der Waals surface area (Å²) in [5, 5.41) is 2.68. The predicted octanol–water partition coefficient (Wildman–Crippen LogP) is 5.60. The lowest BCUT2D eigenvalue weighted by molar-refractivity contribution is -0.174. The van der Waals surface area contributed by atoms with Gasteiger partial charge in [-0.25, -0.2) is 0 Å². The number of fused-ring (bicyclic) bond motifs is 5. The molecule has 0 spiro atoms. The summed E-state index contributed by atoms with van der Waals surface area (Å²) in [6.45, 7) is 0.606. The molecule has 2 heterocycles. The van der Waals surface area contributed by atoms with E-state index in [0.29, 0.717) is 47.2 Å². The molecule has 0 radical (unpaired) electrons. The van der Waals surface area contributed by atoms with Crippen molar-refractivity contribution in [3.8, 4) is 11.5 Å². The van der Waals surface area contributed by atoms with Gasteiger partial charge in [-0.05, 0) is 43.2 Å². The van der Waals surface area contributed by atoms with Crippen LogP contribution in [-0.2, 0) is 4.79 Å². The maximum atomic E-state index is 12.9. The monoisotopic (exact) mass is 474 g/mol. The minimum absolute atomic E-state index is 0.425. The van der Waals surface area contributed by atoms with Crippen molar-refractivity contribution in [2.45, 2.75) is 31.1 Å². The van der Waals surface area contributed by atoms with Crippen LogP contribution in [0.2, 0.25) is 5.02 Å². The molecular weight excluding hydrogens is 461 g/mol. The third-order valence-electron chi connectivity index (χ3n) is 4.95. The fourth-order valence-corrected chi connectivity index (χ4v) is 4.32. The number of benzene rings is 2. The van der Waals surface area contributed by atoms with Gasteiger partial charge in [0.05, 0.1) is 17.8 Å².